The largest absolute Gasteiger partial charge is 0.356 e. The number of primary sulfonamides is 1. The van der Waals surface area contributed by atoms with E-state index in [-0.39, 0.29) is 39.9 Å². The number of sulfonamides is 1. The smallest absolute Gasteiger partial charge is 0.262 e. The van der Waals surface area contributed by atoms with E-state index in [1.54, 1.807) is 28.8 Å². The summed E-state index contributed by atoms with van der Waals surface area (Å²) in [5.74, 6) is 0.191. The Balaban J connectivity index is 1.15. The summed E-state index contributed by atoms with van der Waals surface area (Å²) in [7, 11) is -3.75. The van der Waals surface area contributed by atoms with Gasteiger partial charge >= 0.3 is 0 Å². The SMILES string of the molecule is NS(=O)(=O)c1ccc(CCNC(=O)CSc2nc3ccccc3c(=O)n2CC2CCC(C(=O)NCCc3ccccc3)CC2)cc1. The number of fused-ring (bicyclic) bond motifs is 1. The van der Waals surface area contributed by atoms with Crippen LogP contribution < -0.4 is 21.3 Å². The molecule has 4 aromatic rings. The Kier molecular flexibility index (Phi) is 11.3. The third kappa shape index (κ3) is 9.05. The highest BCUT2D eigenvalue weighted by Gasteiger charge is 2.27. The van der Waals surface area contributed by atoms with E-state index in [1.165, 1.54) is 29.5 Å². The van der Waals surface area contributed by atoms with Gasteiger partial charge in [-0.15, -0.1) is 0 Å². The second-order valence-electron chi connectivity index (χ2n) is 11.6. The maximum Gasteiger partial charge on any atom is 0.262 e. The Morgan fingerprint density at radius 2 is 1.48 bits per heavy atom. The summed E-state index contributed by atoms with van der Waals surface area (Å²) in [6.45, 7) is 1.47. The van der Waals surface area contributed by atoms with E-state index in [9.17, 15) is 22.8 Å². The van der Waals surface area contributed by atoms with Crippen LogP contribution in [-0.4, -0.2) is 48.6 Å². The second kappa shape index (κ2) is 15.5. The molecule has 2 amide bonds. The highest BCUT2D eigenvalue weighted by molar-refractivity contribution is 7.99. The zero-order valence-electron chi connectivity index (χ0n) is 25.6. The highest BCUT2D eigenvalue weighted by atomic mass is 32.2. The molecule has 1 aromatic heterocycles. The number of amides is 2. The minimum Gasteiger partial charge on any atom is -0.356 e. The lowest BCUT2D eigenvalue weighted by atomic mass is 9.81. The molecule has 4 N–H and O–H groups in total. The number of aromatic nitrogens is 2. The molecule has 1 aliphatic carbocycles. The van der Waals surface area contributed by atoms with E-state index in [4.69, 9.17) is 10.1 Å². The summed E-state index contributed by atoms with van der Waals surface area (Å²) in [6.07, 6.45) is 4.53. The van der Waals surface area contributed by atoms with Gasteiger partial charge in [0.05, 0.1) is 21.6 Å². The molecule has 10 nitrogen and oxygen atoms in total. The molecule has 12 heteroatoms. The first-order valence-corrected chi connectivity index (χ1v) is 18.0. The Morgan fingerprint density at radius 1 is 0.848 bits per heavy atom. The monoisotopic (exact) mass is 661 g/mol. The summed E-state index contributed by atoms with van der Waals surface area (Å²) in [6, 6.07) is 23.6. The fraction of sp³-hybridized carbons (Fsp3) is 0.353. The molecule has 46 heavy (non-hydrogen) atoms. The van der Waals surface area contributed by atoms with Gasteiger partial charge in [-0.1, -0.05) is 66.4 Å². The predicted octanol–water partition coefficient (Wildman–Crippen LogP) is 3.66. The summed E-state index contributed by atoms with van der Waals surface area (Å²) >= 11 is 1.23. The fourth-order valence-electron chi connectivity index (χ4n) is 5.78. The number of hydrogen-bond donors (Lipinski definition) is 3. The lowest BCUT2D eigenvalue weighted by molar-refractivity contribution is -0.126. The zero-order valence-corrected chi connectivity index (χ0v) is 27.2. The number of rotatable bonds is 13. The van der Waals surface area contributed by atoms with Crippen LogP contribution in [0, 0.1) is 11.8 Å². The topological polar surface area (TPSA) is 153 Å². The molecule has 0 spiro atoms. The number of nitrogens with zero attached hydrogens (tertiary/aromatic N) is 2. The number of carbonyl (C=O) groups excluding carboxylic acids is 2. The maximum absolute atomic E-state index is 13.6. The Bertz CT molecular complexity index is 1820. The van der Waals surface area contributed by atoms with Crippen molar-refractivity contribution in [1.29, 1.82) is 0 Å². The van der Waals surface area contributed by atoms with Crippen molar-refractivity contribution in [3.05, 3.63) is 100 Å². The number of para-hydroxylation sites is 1. The van der Waals surface area contributed by atoms with E-state index < -0.39 is 10.0 Å². The third-order valence-electron chi connectivity index (χ3n) is 8.36. The molecule has 5 rings (SSSR count). The average Bonchev–Trinajstić information content (AvgIpc) is 3.06. The van der Waals surface area contributed by atoms with Crippen molar-refractivity contribution >= 4 is 44.5 Å². The molecule has 1 saturated carbocycles. The number of carbonyl (C=O) groups is 2. The van der Waals surface area contributed by atoms with Gasteiger partial charge in [0.25, 0.3) is 5.56 Å². The summed E-state index contributed by atoms with van der Waals surface area (Å²) in [4.78, 5) is 43.9. The minimum absolute atomic E-state index is 0.0253. The van der Waals surface area contributed by atoms with Crippen LogP contribution in [0.4, 0.5) is 0 Å². The Labute approximate surface area is 273 Å². The summed E-state index contributed by atoms with van der Waals surface area (Å²) in [5, 5.41) is 12.2. The molecular weight excluding hydrogens is 623 g/mol. The zero-order chi connectivity index (χ0) is 32.5. The maximum atomic E-state index is 13.6. The van der Waals surface area contributed by atoms with Gasteiger partial charge in [-0.25, -0.2) is 18.5 Å². The molecule has 0 atom stereocenters. The molecule has 242 valence electrons. The van der Waals surface area contributed by atoms with E-state index in [1.807, 2.05) is 30.3 Å². The van der Waals surface area contributed by atoms with Gasteiger partial charge < -0.3 is 10.6 Å². The minimum atomic E-state index is -3.75. The number of thioether (sulfide) groups is 1. The summed E-state index contributed by atoms with van der Waals surface area (Å²) < 4.78 is 24.6. The van der Waals surface area contributed by atoms with Crippen LogP contribution >= 0.6 is 11.8 Å². The van der Waals surface area contributed by atoms with Gasteiger partial charge in [0.15, 0.2) is 5.16 Å². The second-order valence-corrected chi connectivity index (χ2v) is 14.2. The van der Waals surface area contributed by atoms with Crippen LogP contribution in [0.5, 0.6) is 0 Å². The predicted molar refractivity (Wildman–Crippen MR) is 180 cm³/mol. The van der Waals surface area contributed by atoms with E-state index in [2.05, 4.69) is 22.8 Å². The average molecular weight is 662 g/mol. The van der Waals surface area contributed by atoms with Gasteiger partial charge in [-0.05, 0) is 79.8 Å². The first kappa shape index (κ1) is 33.4. The van der Waals surface area contributed by atoms with Crippen molar-refractivity contribution in [2.24, 2.45) is 17.0 Å². The molecule has 0 radical (unpaired) electrons. The van der Waals surface area contributed by atoms with Gasteiger partial charge in [0.2, 0.25) is 21.8 Å². The normalized spacial score (nSPS) is 16.6. The van der Waals surface area contributed by atoms with Crippen molar-refractivity contribution in [1.82, 2.24) is 20.2 Å². The van der Waals surface area contributed by atoms with Crippen molar-refractivity contribution in [2.45, 2.75) is 55.1 Å². The lowest BCUT2D eigenvalue weighted by Gasteiger charge is -2.28. The number of hydrogen-bond acceptors (Lipinski definition) is 7. The van der Waals surface area contributed by atoms with Gasteiger partial charge in [-0.2, -0.15) is 0 Å². The van der Waals surface area contributed by atoms with Crippen LogP contribution in [0.3, 0.4) is 0 Å². The third-order valence-corrected chi connectivity index (χ3v) is 10.3. The number of nitrogens with one attached hydrogen (secondary N) is 2. The lowest BCUT2D eigenvalue weighted by Crippen LogP contribution is -2.35. The molecule has 0 saturated heterocycles. The van der Waals surface area contributed by atoms with Gasteiger partial charge in [-0.3, -0.25) is 19.0 Å². The van der Waals surface area contributed by atoms with Crippen LogP contribution in [0.1, 0.15) is 36.8 Å². The van der Waals surface area contributed by atoms with Crippen LogP contribution in [0.2, 0.25) is 0 Å². The first-order chi connectivity index (χ1) is 22.2. The fourth-order valence-corrected chi connectivity index (χ4v) is 7.13. The van der Waals surface area contributed by atoms with Crippen molar-refractivity contribution in [2.75, 3.05) is 18.8 Å². The first-order valence-electron chi connectivity index (χ1n) is 15.5. The number of benzene rings is 3. The Hall–Kier alpha value is -4.00. The molecule has 1 aliphatic rings. The molecule has 0 bridgehead atoms. The molecule has 3 aromatic carbocycles. The van der Waals surface area contributed by atoms with Crippen molar-refractivity contribution in [3.8, 4) is 0 Å². The van der Waals surface area contributed by atoms with Crippen molar-refractivity contribution < 1.29 is 18.0 Å². The van der Waals surface area contributed by atoms with Gasteiger partial charge in [0.1, 0.15) is 0 Å². The highest BCUT2D eigenvalue weighted by Crippen LogP contribution is 2.31. The summed E-state index contributed by atoms with van der Waals surface area (Å²) in [5.41, 5.74) is 2.52. The van der Waals surface area contributed by atoms with E-state index in [0.717, 1.165) is 37.7 Å². The quantitative estimate of drug-likeness (QED) is 0.146. The van der Waals surface area contributed by atoms with Crippen LogP contribution in [0.15, 0.2) is 93.7 Å². The molecule has 0 unspecified atom stereocenters. The molecular formula is C34H39N5O5S2. The van der Waals surface area contributed by atoms with Crippen LogP contribution in [0.25, 0.3) is 10.9 Å². The molecule has 1 heterocycles. The molecule has 1 fully saturated rings. The van der Waals surface area contributed by atoms with Gasteiger partial charge in [0, 0.05) is 25.6 Å². The van der Waals surface area contributed by atoms with Crippen molar-refractivity contribution in [3.63, 3.8) is 0 Å². The van der Waals surface area contributed by atoms with E-state index in [0.29, 0.717) is 42.1 Å². The number of nitrogens with two attached hydrogens (primary N) is 1. The molecule has 0 aliphatic heterocycles. The van der Waals surface area contributed by atoms with E-state index >= 15 is 0 Å². The Morgan fingerprint density at radius 3 is 2.17 bits per heavy atom. The van der Waals surface area contributed by atoms with Crippen LogP contribution in [-0.2, 0) is 39.0 Å². The standard InChI is InChI=1S/C34H39N5O5S2/c35-46(43,44)28-16-12-25(13-17-28)18-20-36-31(40)23-45-34-38-30-9-5-4-8-29(30)33(42)39(34)22-26-10-14-27(15-11-26)32(41)37-21-19-24-6-2-1-3-7-24/h1-9,12-13,16-17,26-27H,10-11,14-15,18-23H2,(H,36,40)(H,37,41)(H2,35,43,44).